The zero-order chi connectivity index (χ0) is 13.1. The van der Waals surface area contributed by atoms with Gasteiger partial charge >= 0.3 is 0 Å². The van der Waals surface area contributed by atoms with E-state index in [1.807, 2.05) is 6.07 Å². The highest BCUT2D eigenvalue weighted by Crippen LogP contribution is 2.25. The fourth-order valence-corrected chi connectivity index (χ4v) is 2.38. The second-order valence-corrected chi connectivity index (χ2v) is 5.36. The highest BCUT2D eigenvalue weighted by atomic mass is 14.7. The van der Waals surface area contributed by atoms with Gasteiger partial charge in [0.1, 0.15) is 0 Å². The number of rotatable bonds is 4. The first-order valence-corrected chi connectivity index (χ1v) is 6.78. The Labute approximate surface area is 109 Å². The molecule has 0 spiro atoms. The predicted octanol–water partition coefficient (Wildman–Crippen LogP) is 3.97. The summed E-state index contributed by atoms with van der Waals surface area (Å²) in [6, 6.07) is 8.33. The van der Waals surface area contributed by atoms with Crippen LogP contribution in [0.2, 0.25) is 0 Å². The molecule has 2 heteroatoms. The van der Waals surface area contributed by atoms with Crippen molar-refractivity contribution < 1.29 is 0 Å². The van der Waals surface area contributed by atoms with Gasteiger partial charge in [0.25, 0.3) is 0 Å². The topological polar surface area (TPSA) is 38.9 Å². The summed E-state index contributed by atoms with van der Waals surface area (Å²) in [7, 11) is 0. The lowest BCUT2D eigenvalue weighted by Gasteiger charge is -2.11. The van der Waals surface area contributed by atoms with Crippen LogP contribution in [0.15, 0.2) is 24.3 Å². The van der Waals surface area contributed by atoms with E-state index in [1.165, 1.54) is 5.56 Å². The number of benzene rings is 1. The molecule has 0 radical (unpaired) electrons. The lowest BCUT2D eigenvalue weighted by atomic mass is 10.0. The highest BCUT2D eigenvalue weighted by Gasteiger charge is 2.08. The van der Waals surface area contributed by atoms with Gasteiger partial charge in [0.2, 0.25) is 0 Å². The summed E-state index contributed by atoms with van der Waals surface area (Å²) in [5.41, 5.74) is 10.5. The van der Waals surface area contributed by atoms with Gasteiger partial charge in [-0.2, -0.15) is 0 Å². The second-order valence-electron chi connectivity index (χ2n) is 5.36. The van der Waals surface area contributed by atoms with Crippen molar-refractivity contribution in [3.63, 3.8) is 0 Å². The fraction of sp³-hybridized carbons (Fsp3) is 0.438. The minimum Gasteiger partial charge on any atom is -0.398 e. The number of nitrogen functional groups attached to an aromatic ring is 1. The zero-order valence-corrected chi connectivity index (χ0v) is 11.5. The average Bonchev–Trinajstić information content (AvgIpc) is 2.30. The van der Waals surface area contributed by atoms with Crippen LogP contribution in [-0.2, 0) is 12.8 Å². The molecule has 18 heavy (non-hydrogen) atoms. The molecule has 0 atom stereocenters. The second kappa shape index (κ2) is 5.38. The van der Waals surface area contributed by atoms with Crippen molar-refractivity contribution in [2.75, 3.05) is 5.73 Å². The number of nitrogens with two attached hydrogens (primary N) is 1. The number of pyridine rings is 1. The van der Waals surface area contributed by atoms with E-state index in [9.17, 15) is 0 Å². The quantitative estimate of drug-likeness (QED) is 0.881. The van der Waals surface area contributed by atoms with Gasteiger partial charge in [0.05, 0.1) is 5.52 Å². The zero-order valence-electron chi connectivity index (χ0n) is 11.5. The van der Waals surface area contributed by atoms with Crippen LogP contribution < -0.4 is 5.73 Å². The number of anilines is 1. The van der Waals surface area contributed by atoms with Gasteiger partial charge in [-0.25, -0.2) is 0 Å². The van der Waals surface area contributed by atoms with Gasteiger partial charge in [0, 0.05) is 16.8 Å². The van der Waals surface area contributed by atoms with Gasteiger partial charge in [0.15, 0.2) is 0 Å². The molecule has 1 aromatic heterocycles. The van der Waals surface area contributed by atoms with Crippen molar-refractivity contribution >= 4 is 16.6 Å². The number of aromatic nitrogens is 1. The molecule has 0 amide bonds. The molecular formula is C16H22N2. The van der Waals surface area contributed by atoms with E-state index in [1.54, 1.807) is 0 Å². The van der Waals surface area contributed by atoms with Gasteiger partial charge in [-0.3, -0.25) is 4.98 Å². The molecule has 2 rings (SSSR count). The average molecular weight is 242 g/mol. The van der Waals surface area contributed by atoms with E-state index in [0.717, 1.165) is 41.5 Å². The molecule has 2 nitrogen and oxygen atoms in total. The predicted molar refractivity (Wildman–Crippen MR) is 78.7 cm³/mol. The number of hydrogen-bond acceptors (Lipinski definition) is 2. The molecule has 0 aliphatic heterocycles. The van der Waals surface area contributed by atoms with E-state index in [2.05, 4.69) is 39.0 Å². The number of fused-ring (bicyclic) bond motifs is 1. The van der Waals surface area contributed by atoms with Crippen LogP contribution in [0.1, 0.15) is 38.4 Å². The van der Waals surface area contributed by atoms with Crippen molar-refractivity contribution in [1.29, 1.82) is 0 Å². The summed E-state index contributed by atoms with van der Waals surface area (Å²) in [5.74, 6) is 0.604. The Balaban J connectivity index is 2.56. The van der Waals surface area contributed by atoms with Crippen LogP contribution in [0.4, 0.5) is 5.69 Å². The van der Waals surface area contributed by atoms with E-state index in [0.29, 0.717) is 5.92 Å². The Morgan fingerprint density at radius 2 is 2.06 bits per heavy atom. The smallest absolute Gasteiger partial charge is 0.0757 e. The van der Waals surface area contributed by atoms with Crippen molar-refractivity contribution in [3.8, 4) is 0 Å². The Morgan fingerprint density at radius 3 is 2.72 bits per heavy atom. The Bertz CT molecular complexity index is 544. The Morgan fingerprint density at radius 1 is 1.28 bits per heavy atom. The van der Waals surface area contributed by atoms with E-state index >= 15 is 0 Å². The van der Waals surface area contributed by atoms with Gasteiger partial charge in [-0.15, -0.1) is 0 Å². The van der Waals surface area contributed by atoms with Crippen LogP contribution in [0.3, 0.4) is 0 Å². The van der Waals surface area contributed by atoms with Crippen LogP contribution in [0, 0.1) is 5.92 Å². The largest absolute Gasteiger partial charge is 0.398 e. The van der Waals surface area contributed by atoms with Gasteiger partial charge < -0.3 is 5.73 Å². The van der Waals surface area contributed by atoms with Crippen molar-refractivity contribution in [2.45, 2.75) is 40.0 Å². The summed E-state index contributed by atoms with van der Waals surface area (Å²) in [6.07, 6.45) is 3.19. The number of nitrogens with zero attached hydrogens (tertiary/aromatic N) is 1. The summed E-state index contributed by atoms with van der Waals surface area (Å²) < 4.78 is 0. The maximum Gasteiger partial charge on any atom is 0.0757 e. The number of aryl methyl sites for hydroxylation is 1. The molecule has 0 aliphatic carbocycles. The normalized spacial score (nSPS) is 11.3. The van der Waals surface area contributed by atoms with Crippen molar-refractivity contribution in [3.05, 3.63) is 35.5 Å². The Hall–Kier alpha value is -1.57. The molecule has 0 aliphatic rings. The fourth-order valence-electron chi connectivity index (χ4n) is 2.38. The first kappa shape index (κ1) is 12.9. The third kappa shape index (κ3) is 2.63. The summed E-state index contributed by atoms with van der Waals surface area (Å²) in [4.78, 5) is 4.81. The number of hydrogen-bond donors (Lipinski definition) is 1. The molecular weight excluding hydrogens is 220 g/mol. The lowest BCUT2D eigenvalue weighted by Crippen LogP contribution is -2.01. The summed E-state index contributed by atoms with van der Waals surface area (Å²) in [5, 5.41) is 1.09. The minimum atomic E-state index is 0.604. The third-order valence-electron chi connectivity index (χ3n) is 3.14. The van der Waals surface area contributed by atoms with Crippen molar-refractivity contribution in [2.24, 2.45) is 5.92 Å². The van der Waals surface area contributed by atoms with Crippen LogP contribution >= 0.6 is 0 Å². The molecule has 96 valence electrons. The molecule has 1 heterocycles. The first-order valence-electron chi connectivity index (χ1n) is 6.78. The molecule has 0 saturated heterocycles. The lowest BCUT2D eigenvalue weighted by molar-refractivity contribution is 0.637. The first-order chi connectivity index (χ1) is 8.61. The van der Waals surface area contributed by atoms with Gasteiger partial charge in [-0.05, 0) is 30.4 Å². The van der Waals surface area contributed by atoms with E-state index in [-0.39, 0.29) is 0 Å². The van der Waals surface area contributed by atoms with Crippen LogP contribution in [-0.4, -0.2) is 4.98 Å². The van der Waals surface area contributed by atoms with Crippen LogP contribution in [0.5, 0.6) is 0 Å². The maximum atomic E-state index is 6.16. The molecule has 0 fully saturated rings. The highest BCUT2D eigenvalue weighted by molar-refractivity contribution is 5.92. The molecule has 1 aromatic carbocycles. The van der Waals surface area contributed by atoms with Gasteiger partial charge in [-0.1, -0.05) is 45.4 Å². The monoisotopic (exact) mass is 242 g/mol. The van der Waals surface area contributed by atoms with E-state index < -0.39 is 0 Å². The third-order valence-corrected chi connectivity index (χ3v) is 3.14. The summed E-state index contributed by atoms with van der Waals surface area (Å²) in [6.45, 7) is 6.61. The van der Waals surface area contributed by atoms with Crippen LogP contribution in [0.25, 0.3) is 10.9 Å². The summed E-state index contributed by atoms with van der Waals surface area (Å²) >= 11 is 0. The van der Waals surface area contributed by atoms with E-state index in [4.69, 9.17) is 10.7 Å². The maximum absolute atomic E-state index is 6.16. The molecule has 2 aromatic rings. The van der Waals surface area contributed by atoms with Crippen molar-refractivity contribution in [1.82, 2.24) is 4.98 Å². The molecule has 2 N–H and O–H groups in total. The standard InChI is InChI=1S/C16H22N2/c1-4-6-12-7-5-8-14-15(17)10-13(9-11(2)3)18-16(12)14/h5,7-8,10-11H,4,6,9H2,1-3H3,(H2,17,18). The minimum absolute atomic E-state index is 0.604. The SMILES string of the molecule is CCCc1cccc2c(N)cc(CC(C)C)nc12. The molecule has 0 unspecified atom stereocenters. The molecule has 0 bridgehead atoms. The molecule has 0 saturated carbocycles. The Kier molecular flexibility index (Phi) is 3.85. The number of para-hydroxylation sites is 1.